The molecule has 0 spiro atoms. The van der Waals surface area contributed by atoms with Crippen LogP contribution in [-0.4, -0.2) is 30.2 Å². The summed E-state index contributed by atoms with van der Waals surface area (Å²) in [7, 11) is 0. The van der Waals surface area contributed by atoms with E-state index in [9.17, 15) is 14.4 Å². The van der Waals surface area contributed by atoms with Crippen molar-refractivity contribution in [2.24, 2.45) is 0 Å². The van der Waals surface area contributed by atoms with Crippen molar-refractivity contribution in [1.29, 1.82) is 0 Å². The number of hydrogen-bond donors (Lipinski definition) is 1. The number of rotatable bonds is 5. The van der Waals surface area contributed by atoms with Crippen LogP contribution in [-0.2, 0) is 9.59 Å². The predicted octanol–water partition coefficient (Wildman–Crippen LogP) is 3.08. The molecule has 0 aromatic heterocycles. The first kappa shape index (κ1) is 18.2. The Kier molecular flexibility index (Phi) is 6.53. The van der Waals surface area contributed by atoms with Crippen LogP contribution in [0.4, 0.5) is 5.69 Å². The summed E-state index contributed by atoms with van der Waals surface area (Å²) in [6.07, 6.45) is 6.78. The lowest BCUT2D eigenvalue weighted by Gasteiger charge is -2.23. The third-order valence-corrected chi connectivity index (χ3v) is 4.49. The number of hydrogen-bond acceptors (Lipinski definition) is 3. The Labute approximate surface area is 143 Å². The van der Waals surface area contributed by atoms with E-state index in [1.165, 1.54) is 31.6 Å². The van der Waals surface area contributed by atoms with Gasteiger partial charge in [-0.15, -0.1) is 0 Å². The van der Waals surface area contributed by atoms with Crippen LogP contribution in [0.1, 0.15) is 62.7 Å². The van der Waals surface area contributed by atoms with Gasteiger partial charge in [-0.05, 0) is 44.0 Å². The highest BCUT2D eigenvalue weighted by Gasteiger charge is 2.19. The fraction of sp³-hybridized carbons (Fsp3) is 0.526. The Balaban J connectivity index is 2.00. The topological polar surface area (TPSA) is 66.5 Å². The van der Waals surface area contributed by atoms with Gasteiger partial charge in [0.2, 0.25) is 11.8 Å². The van der Waals surface area contributed by atoms with Crippen molar-refractivity contribution >= 4 is 23.3 Å². The monoisotopic (exact) mass is 330 g/mol. The summed E-state index contributed by atoms with van der Waals surface area (Å²) < 4.78 is 0. The molecule has 1 aromatic rings. The van der Waals surface area contributed by atoms with Gasteiger partial charge in [-0.3, -0.25) is 14.4 Å². The second-order valence-electron chi connectivity index (χ2n) is 6.46. The zero-order chi connectivity index (χ0) is 17.5. The summed E-state index contributed by atoms with van der Waals surface area (Å²) in [5.74, 6) is -0.351. The lowest BCUT2D eigenvalue weighted by molar-refractivity contribution is -0.123. The van der Waals surface area contributed by atoms with Crippen LogP contribution >= 0.6 is 0 Å². The summed E-state index contributed by atoms with van der Waals surface area (Å²) in [5.41, 5.74) is 1.22. The number of nitrogens with zero attached hydrogens (tertiary/aromatic N) is 1. The van der Waals surface area contributed by atoms with Crippen LogP contribution in [0.2, 0.25) is 0 Å². The molecule has 1 aliphatic carbocycles. The van der Waals surface area contributed by atoms with Crippen LogP contribution in [0.3, 0.4) is 0 Å². The predicted molar refractivity (Wildman–Crippen MR) is 94.1 cm³/mol. The molecule has 24 heavy (non-hydrogen) atoms. The Morgan fingerprint density at radius 1 is 1.00 bits per heavy atom. The lowest BCUT2D eigenvalue weighted by atomic mass is 10.1. The third kappa shape index (κ3) is 5.18. The Morgan fingerprint density at radius 3 is 2.08 bits per heavy atom. The molecule has 0 unspecified atom stereocenters. The standard InChI is InChI=1S/C19H26N2O3/c1-14(22)16-9-11-18(12-10-16)21(15(2)23)13-19(24)20-17-7-5-3-4-6-8-17/h9-12,17H,3-8,13H2,1-2H3,(H,20,24). The van der Waals surface area contributed by atoms with Gasteiger partial charge in [0.05, 0.1) is 0 Å². The molecule has 1 fully saturated rings. The molecule has 0 radical (unpaired) electrons. The molecule has 2 rings (SSSR count). The fourth-order valence-electron chi connectivity index (χ4n) is 3.10. The quantitative estimate of drug-likeness (QED) is 0.666. The molecule has 0 atom stereocenters. The number of anilines is 1. The Hall–Kier alpha value is -2.17. The minimum absolute atomic E-state index is 0.00521. The minimum Gasteiger partial charge on any atom is -0.352 e. The average Bonchev–Trinajstić information content (AvgIpc) is 2.81. The van der Waals surface area contributed by atoms with E-state index in [0.29, 0.717) is 11.3 Å². The van der Waals surface area contributed by atoms with Crippen LogP contribution in [0, 0.1) is 0 Å². The number of benzene rings is 1. The summed E-state index contributed by atoms with van der Waals surface area (Å²) in [6, 6.07) is 6.98. The second-order valence-corrected chi connectivity index (χ2v) is 6.46. The molecule has 130 valence electrons. The SMILES string of the molecule is CC(=O)c1ccc(N(CC(=O)NC2CCCCCC2)C(C)=O)cc1. The molecule has 0 aliphatic heterocycles. The Morgan fingerprint density at radius 2 is 1.58 bits per heavy atom. The van der Waals surface area contributed by atoms with Gasteiger partial charge in [0.1, 0.15) is 6.54 Å². The van der Waals surface area contributed by atoms with Crippen LogP contribution in [0.25, 0.3) is 0 Å². The second kappa shape index (κ2) is 8.62. The minimum atomic E-state index is -0.193. The summed E-state index contributed by atoms with van der Waals surface area (Å²) in [5, 5.41) is 3.06. The van der Waals surface area contributed by atoms with Crippen molar-refractivity contribution in [2.45, 2.75) is 58.4 Å². The maximum atomic E-state index is 12.3. The average molecular weight is 330 g/mol. The molecule has 5 heteroatoms. The third-order valence-electron chi connectivity index (χ3n) is 4.49. The fourth-order valence-corrected chi connectivity index (χ4v) is 3.10. The van der Waals surface area contributed by atoms with E-state index >= 15 is 0 Å². The van der Waals surface area contributed by atoms with Gasteiger partial charge in [-0.2, -0.15) is 0 Å². The normalized spacial score (nSPS) is 15.4. The molecular formula is C19H26N2O3. The molecule has 2 amide bonds. The number of Topliss-reactive ketones (excluding diaryl/α,β-unsaturated/α-hetero) is 1. The summed E-state index contributed by atoms with van der Waals surface area (Å²) in [6.45, 7) is 2.95. The highest BCUT2D eigenvalue weighted by Crippen LogP contribution is 2.18. The first-order valence-corrected chi connectivity index (χ1v) is 8.66. The largest absolute Gasteiger partial charge is 0.352 e. The van der Waals surface area contributed by atoms with E-state index < -0.39 is 0 Å². The van der Waals surface area contributed by atoms with Crippen molar-refractivity contribution in [3.8, 4) is 0 Å². The lowest BCUT2D eigenvalue weighted by Crippen LogP contribution is -2.43. The van der Waals surface area contributed by atoms with Gasteiger partial charge in [0.25, 0.3) is 0 Å². The van der Waals surface area contributed by atoms with Crippen LogP contribution in [0.15, 0.2) is 24.3 Å². The van der Waals surface area contributed by atoms with Gasteiger partial charge < -0.3 is 10.2 Å². The van der Waals surface area contributed by atoms with E-state index in [0.717, 1.165) is 25.7 Å². The smallest absolute Gasteiger partial charge is 0.240 e. The van der Waals surface area contributed by atoms with Crippen molar-refractivity contribution in [1.82, 2.24) is 5.32 Å². The molecule has 1 N–H and O–H groups in total. The first-order chi connectivity index (χ1) is 11.5. The molecule has 1 aliphatic rings. The number of carbonyl (C=O) groups is 3. The van der Waals surface area contributed by atoms with Crippen molar-refractivity contribution in [2.75, 3.05) is 11.4 Å². The van der Waals surface area contributed by atoms with Crippen LogP contribution in [0.5, 0.6) is 0 Å². The zero-order valence-corrected chi connectivity index (χ0v) is 14.5. The van der Waals surface area contributed by atoms with Crippen LogP contribution < -0.4 is 10.2 Å². The van der Waals surface area contributed by atoms with Gasteiger partial charge in [0, 0.05) is 24.2 Å². The van der Waals surface area contributed by atoms with Gasteiger partial charge in [0.15, 0.2) is 5.78 Å². The van der Waals surface area contributed by atoms with Crippen molar-refractivity contribution in [3.63, 3.8) is 0 Å². The molecule has 0 heterocycles. The van der Waals surface area contributed by atoms with E-state index in [1.54, 1.807) is 24.3 Å². The number of carbonyl (C=O) groups excluding carboxylic acids is 3. The molecule has 0 bridgehead atoms. The van der Waals surface area contributed by atoms with E-state index in [1.807, 2.05) is 0 Å². The zero-order valence-electron chi connectivity index (χ0n) is 14.5. The van der Waals surface area contributed by atoms with E-state index in [-0.39, 0.29) is 30.2 Å². The maximum Gasteiger partial charge on any atom is 0.240 e. The van der Waals surface area contributed by atoms with Gasteiger partial charge in [-0.25, -0.2) is 0 Å². The van der Waals surface area contributed by atoms with Gasteiger partial charge in [-0.1, -0.05) is 25.7 Å². The van der Waals surface area contributed by atoms with E-state index in [2.05, 4.69) is 5.32 Å². The molecule has 1 aromatic carbocycles. The maximum absolute atomic E-state index is 12.3. The molecular weight excluding hydrogens is 304 g/mol. The molecule has 0 saturated heterocycles. The Bertz CT molecular complexity index is 587. The molecule has 1 saturated carbocycles. The van der Waals surface area contributed by atoms with Crippen molar-refractivity contribution < 1.29 is 14.4 Å². The first-order valence-electron chi connectivity index (χ1n) is 8.66. The summed E-state index contributed by atoms with van der Waals surface area (Å²) >= 11 is 0. The molecule has 5 nitrogen and oxygen atoms in total. The highest BCUT2D eigenvalue weighted by atomic mass is 16.2. The van der Waals surface area contributed by atoms with Gasteiger partial charge >= 0.3 is 0 Å². The highest BCUT2D eigenvalue weighted by molar-refractivity contribution is 5.98. The number of nitrogens with one attached hydrogen (secondary N) is 1. The number of ketones is 1. The van der Waals surface area contributed by atoms with Crippen molar-refractivity contribution in [3.05, 3.63) is 29.8 Å². The number of amides is 2. The van der Waals surface area contributed by atoms with E-state index in [4.69, 9.17) is 0 Å². The summed E-state index contributed by atoms with van der Waals surface area (Å²) in [4.78, 5) is 37.0.